The maximum Gasteiger partial charge on any atom is 0.0924 e. The smallest absolute Gasteiger partial charge is 0.0924 e. The van der Waals surface area contributed by atoms with Crippen molar-refractivity contribution in [3.63, 3.8) is 0 Å². The lowest BCUT2D eigenvalue weighted by Gasteiger charge is -1.99. The number of hydrogen-bond donors (Lipinski definition) is 1. The van der Waals surface area contributed by atoms with Crippen molar-refractivity contribution >= 4 is 27.5 Å². The van der Waals surface area contributed by atoms with Crippen molar-refractivity contribution in [2.45, 2.75) is 0 Å². The lowest BCUT2D eigenvalue weighted by molar-refractivity contribution is 1.31. The van der Waals surface area contributed by atoms with Gasteiger partial charge < -0.3 is 4.98 Å². The first-order valence-electron chi connectivity index (χ1n) is 3.71. The first-order chi connectivity index (χ1) is 6.27. The Morgan fingerprint density at radius 2 is 2.23 bits per heavy atom. The minimum atomic E-state index is 0.711. The number of rotatable bonds is 1. The molecular formula is C9H6BrClN2. The van der Waals surface area contributed by atoms with E-state index >= 15 is 0 Å². The van der Waals surface area contributed by atoms with Gasteiger partial charge in [-0.25, -0.2) is 4.98 Å². The zero-order valence-corrected chi connectivity index (χ0v) is 8.93. The van der Waals surface area contributed by atoms with Gasteiger partial charge in [0.25, 0.3) is 0 Å². The van der Waals surface area contributed by atoms with Crippen LogP contribution in [-0.2, 0) is 0 Å². The molecule has 2 aromatic rings. The van der Waals surface area contributed by atoms with Crippen molar-refractivity contribution in [3.05, 3.63) is 40.2 Å². The molecule has 0 atom stereocenters. The minimum absolute atomic E-state index is 0.711. The van der Waals surface area contributed by atoms with E-state index in [0.717, 1.165) is 15.7 Å². The molecule has 4 heteroatoms. The Bertz CT molecular complexity index is 412. The number of nitrogens with one attached hydrogen (secondary N) is 1. The van der Waals surface area contributed by atoms with Crippen molar-refractivity contribution in [1.82, 2.24) is 9.97 Å². The molecule has 0 aliphatic rings. The number of hydrogen-bond acceptors (Lipinski definition) is 1. The number of aromatic amines is 1. The van der Waals surface area contributed by atoms with E-state index in [-0.39, 0.29) is 0 Å². The van der Waals surface area contributed by atoms with Gasteiger partial charge >= 0.3 is 0 Å². The Morgan fingerprint density at radius 1 is 1.38 bits per heavy atom. The van der Waals surface area contributed by atoms with E-state index < -0.39 is 0 Å². The van der Waals surface area contributed by atoms with Gasteiger partial charge in [-0.15, -0.1) is 0 Å². The highest BCUT2D eigenvalue weighted by Crippen LogP contribution is 2.27. The van der Waals surface area contributed by atoms with Gasteiger partial charge in [0.2, 0.25) is 0 Å². The molecule has 0 bridgehead atoms. The van der Waals surface area contributed by atoms with E-state index in [1.54, 1.807) is 12.5 Å². The van der Waals surface area contributed by atoms with Crippen molar-refractivity contribution in [1.29, 1.82) is 0 Å². The molecule has 0 saturated heterocycles. The third kappa shape index (κ3) is 1.76. The van der Waals surface area contributed by atoms with Crippen LogP contribution in [0.25, 0.3) is 11.3 Å². The molecule has 13 heavy (non-hydrogen) atoms. The topological polar surface area (TPSA) is 28.7 Å². The van der Waals surface area contributed by atoms with Gasteiger partial charge in [0.1, 0.15) is 0 Å². The Labute approximate surface area is 89.1 Å². The normalized spacial score (nSPS) is 10.3. The molecule has 0 amide bonds. The highest BCUT2D eigenvalue weighted by molar-refractivity contribution is 9.10. The second-order valence-corrected chi connectivity index (χ2v) is 3.86. The quantitative estimate of drug-likeness (QED) is 0.832. The summed E-state index contributed by atoms with van der Waals surface area (Å²) in [5.74, 6) is 0. The lowest BCUT2D eigenvalue weighted by Crippen LogP contribution is -1.77. The van der Waals surface area contributed by atoms with Gasteiger partial charge in [-0.1, -0.05) is 17.7 Å². The van der Waals surface area contributed by atoms with Crippen molar-refractivity contribution < 1.29 is 0 Å². The predicted molar refractivity (Wildman–Crippen MR) is 56.7 cm³/mol. The van der Waals surface area contributed by atoms with Crippen molar-refractivity contribution in [3.8, 4) is 11.3 Å². The van der Waals surface area contributed by atoms with E-state index in [4.69, 9.17) is 11.6 Å². The van der Waals surface area contributed by atoms with Crippen molar-refractivity contribution in [2.24, 2.45) is 0 Å². The summed E-state index contributed by atoms with van der Waals surface area (Å²) in [6.45, 7) is 0. The predicted octanol–water partition coefficient (Wildman–Crippen LogP) is 3.49. The fraction of sp³-hybridized carbons (Fsp3) is 0. The average molecular weight is 258 g/mol. The van der Waals surface area contributed by atoms with Gasteiger partial charge in [-0.05, 0) is 28.1 Å². The SMILES string of the molecule is Clc1ccc(-c2cnc[nH]2)cc1Br. The molecule has 0 aliphatic heterocycles. The monoisotopic (exact) mass is 256 g/mol. The number of imidazole rings is 1. The number of halogens is 2. The zero-order chi connectivity index (χ0) is 9.26. The maximum absolute atomic E-state index is 5.87. The summed E-state index contributed by atoms with van der Waals surface area (Å²) in [7, 11) is 0. The standard InChI is InChI=1S/C9H6BrClN2/c10-7-3-6(1-2-8(7)11)9-4-12-5-13-9/h1-5H,(H,12,13). The van der Waals surface area contributed by atoms with E-state index in [1.807, 2.05) is 18.2 Å². The highest BCUT2D eigenvalue weighted by Gasteiger charge is 2.01. The molecule has 1 aromatic carbocycles. The van der Waals surface area contributed by atoms with Crippen molar-refractivity contribution in [2.75, 3.05) is 0 Å². The van der Waals surface area contributed by atoms with E-state index in [9.17, 15) is 0 Å². The Balaban J connectivity index is 2.49. The summed E-state index contributed by atoms with van der Waals surface area (Å²) in [4.78, 5) is 6.97. The van der Waals surface area contributed by atoms with Crippen LogP contribution in [0, 0.1) is 0 Å². The second kappa shape index (κ2) is 3.52. The summed E-state index contributed by atoms with van der Waals surface area (Å²) in [6, 6.07) is 5.75. The van der Waals surface area contributed by atoms with Crippen LogP contribution in [0.3, 0.4) is 0 Å². The number of H-pyrrole nitrogens is 1. The molecule has 1 aromatic heterocycles. The highest BCUT2D eigenvalue weighted by atomic mass is 79.9. The van der Waals surface area contributed by atoms with E-state index in [2.05, 4.69) is 25.9 Å². The molecule has 2 rings (SSSR count). The first kappa shape index (κ1) is 8.78. The third-order valence-corrected chi connectivity index (χ3v) is 2.94. The molecule has 0 radical (unpaired) electrons. The Hall–Kier alpha value is -0.800. The van der Waals surface area contributed by atoms with Gasteiger partial charge in [0.05, 0.1) is 23.2 Å². The van der Waals surface area contributed by atoms with Crippen LogP contribution in [0.15, 0.2) is 35.2 Å². The minimum Gasteiger partial charge on any atom is -0.345 e. The number of benzene rings is 1. The fourth-order valence-corrected chi connectivity index (χ4v) is 1.57. The Morgan fingerprint density at radius 3 is 2.85 bits per heavy atom. The van der Waals surface area contributed by atoms with Crippen LogP contribution in [0.5, 0.6) is 0 Å². The third-order valence-electron chi connectivity index (χ3n) is 1.73. The van der Waals surface area contributed by atoms with Crippen LogP contribution in [0.2, 0.25) is 5.02 Å². The van der Waals surface area contributed by atoms with Crippen LogP contribution in [0.4, 0.5) is 0 Å². The number of aromatic nitrogens is 2. The van der Waals surface area contributed by atoms with Crippen LogP contribution >= 0.6 is 27.5 Å². The number of nitrogens with zero attached hydrogens (tertiary/aromatic N) is 1. The second-order valence-electron chi connectivity index (χ2n) is 2.59. The molecular weight excluding hydrogens is 251 g/mol. The molecule has 2 nitrogen and oxygen atoms in total. The average Bonchev–Trinajstić information content (AvgIpc) is 2.62. The van der Waals surface area contributed by atoms with Gasteiger partial charge in [-0.2, -0.15) is 0 Å². The summed E-state index contributed by atoms with van der Waals surface area (Å²) in [6.07, 6.45) is 3.42. The molecule has 1 heterocycles. The largest absolute Gasteiger partial charge is 0.345 e. The summed E-state index contributed by atoms with van der Waals surface area (Å²) in [5.41, 5.74) is 2.05. The van der Waals surface area contributed by atoms with Gasteiger partial charge in [0.15, 0.2) is 0 Å². The summed E-state index contributed by atoms with van der Waals surface area (Å²) < 4.78 is 0.890. The van der Waals surface area contributed by atoms with E-state index in [0.29, 0.717) is 5.02 Å². The van der Waals surface area contributed by atoms with Crippen LogP contribution < -0.4 is 0 Å². The van der Waals surface area contributed by atoms with Crippen LogP contribution in [-0.4, -0.2) is 9.97 Å². The molecule has 0 fully saturated rings. The van der Waals surface area contributed by atoms with Gasteiger partial charge in [0, 0.05) is 10.0 Å². The first-order valence-corrected chi connectivity index (χ1v) is 4.88. The fourth-order valence-electron chi connectivity index (χ4n) is 1.08. The summed E-state index contributed by atoms with van der Waals surface area (Å²) in [5, 5.41) is 0.711. The molecule has 1 N–H and O–H groups in total. The van der Waals surface area contributed by atoms with E-state index in [1.165, 1.54) is 0 Å². The zero-order valence-electron chi connectivity index (χ0n) is 6.59. The lowest BCUT2D eigenvalue weighted by atomic mass is 10.2. The van der Waals surface area contributed by atoms with Gasteiger partial charge in [-0.3, -0.25) is 0 Å². The van der Waals surface area contributed by atoms with Crippen LogP contribution in [0.1, 0.15) is 0 Å². The molecule has 66 valence electrons. The molecule has 0 spiro atoms. The summed E-state index contributed by atoms with van der Waals surface area (Å²) >= 11 is 9.23. The molecule has 0 saturated carbocycles. The maximum atomic E-state index is 5.87. The Kier molecular flexibility index (Phi) is 2.38. The molecule has 0 unspecified atom stereocenters. The molecule has 0 aliphatic carbocycles.